The normalized spacial score (nSPS) is 21.2. The van der Waals surface area contributed by atoms with Crippen molar-refractivity contribution in [3.8, 4) is 0 Å². The molecule has 1 aliphatic heterocycles. The standard InChI is InChI=1S/C7H9ClF2O2/c8-7(9,10)6(11)5-3-1-2-4-12-5/h3,6,11H,1-2,4H2. The van der Waals surface area contributed by atoms with E-state index in [4.69, 9.17) is 9.84 Å². The third-order valence-electron chi connectivity index (χ3n) is 1.54. The van der Waals surface area contributed by atoms with Crippen LogP contribution in [0.15, 0.2) is 11.8 Å². The largest absolute Gasteiger partial charge is 0.495 e. The second-order valence-electron chi connectivity index (χ2n) is 2.54. The first-order chi connectivity index (χ1) is 5.52. The molecule has 1 heterocycles. The zero-order valence-corrected chi connectivity index (χ0v) is 7.02. The molecule has 0 bridgehead atoms. The molecule has 0 aromatic rings. The third-order valence-corrected chi connectivity index (χ3v) is 1.75. The highest BCUT2D eigenvalue weighted by molar-refractivity contribution is 6.22. The molecule has 0 aromatic carbocycles. The van der Waals surface area contributed by atoms with Crippen LogP contribution in [0.2, 0.25) is 0 Å². The Hall–Kier alpha value is -0.350. The summed E-state index contributed by atoms with van der Waals surface area (Å²) in [6.45, 7) is 0.357. The molecule has 1 atom stereocenters. The molecule has 1 N–H and O–H groups in total. The maximum absolute atomic E-state index is 12.3. The Kier molecular flexibility index (Phi) is 2.90. The summed E-state index contributed by atoms with van der Waals surface area (Å²) in [4.78, 5) is 0. The molecule has 0 radical (unpaired) electrons. The number of aliphatic hydroxyl groups excluding tert-OH is 1. The van der Waals surface area contributed by atoms with Crippen molar-refractivity contribution in [2.24, 2.45) is 0 Å². The van der Waals surface area contributed by atoms with Crippen LogP contribution in [0.25, 0.3) is 0 Å². The molecule has 5 heteroatoms. The quantitative estimate of drug-likeness (QED) is 0.687. The molecular formula is C7H9ClF2O2. The predicted molar refractivity (Wildman–Crippen MR) is 40.1 cm³/mol. The molecule has 0 saturated carbocycles. The van der Waals surface area contributed by atoms with Gasteiger partial charge in [0, 0.05) is 0 Å². The van der Waals surface area contributed by atoms with Gasteiger partial charge in [0.15, 0.2) is 6.10 Å². The van der Waals surface area contributed by atoms with E-state index in [-0.39, 0.29) is 5.76 Å². The highest BCUT2D eigenvalue weighted by Gasteiger charge is 2.39. The van der Waals surface area contributed by atoms with Gasteiger partial charge in [0.05, 0.1) is 6.61 Å². The SMILES string of the molecule is OC(C1=CCCCO1)C(F)(F)Cl. The van der Waals surface area contributed by atoms with Gasteiger partial charge in [0.25, 0.3) is 0 Å². The minimum Gasteiger partial charge on any atom is -0.495 e. The first kappa shape index (κ1) is 9.74. The van der Waals surface area contributed by atoms with Crippen LogP contribution in [0.1, 0.15) is 12.8 Å². The van der Waals surface area contributed by atoms with Crippen molar-refractivity contribution in [1.82, 2.24) is 0 Å². The number of rotatable bonds is 2. The molecule has 0 spiro atoms. The molecule has 0 saturated heterocycles. The summed E-state index contributed by atoms with van der Waals surface area (Å²) in [5, 5.41) is 5.29. The van der Waals surface area contributed by atoms with Crippen molar-refractivity contribution in [2.75, 3.05) is 6.61 Å². The number of ether oxygens (including phenoxy) is 1. The molecule has 1 unspecified atom stereocenters. The van der Waals surface area contributed by atoms with Crippen LogP contribution >= 0.6 is 11.6 Å². The highest BCUT2D eigenvalue weighted by atomic mass is 35.5. The van der Waals surface area contributed by atoms with Crippen LogP contribution in [0.5, 0.6) is 0 Å². The van der Waals surface area contributed by atoms with E-state index in [9.17, 15) is 8.78 Å². The topological polar surface area (TPSA) is 29.5 Å². The second-order valence-corrected chi connectivity index (χ2v) is 3.05. The van der Waals surface area contributed by atoms with E-state index in [0.717, 1.165) is 6.42 Å². The van der Waals surface area contributed by atoms with Gasteiger partial charge in [-0.05, 0) is 30.5 Å². The van der Waals surface area contributed by atoms with Gasteiger partial charge in [0.2, 0.25) is 0 Å². The number of halogens is 3. The maximum Gasteiger partial charge on any atom is 0.354 e. The molecular weight excluding hydrogens is 190 g/mol. The first-order valence-corrected chi connectivity index (χ1v) is 3.97. The van der Waals surface area contributed by atoms with E-state index in [1.807, 2.05) is 0 Å². The number of aliphatic hydroxyl groups is 1. The summed E-state index contributed by atoms with van der Waals surface area (Å²) in [7, 11) is 0. The monoisotopic (exact) mass is 198 g/mol. The number of alkyl halides is 3. The van der Waals surface area contributed by atoms with Crippen molar-refractivity contribution < 1.29 is 18.6 Å². The van der Waals surface area contributed by atoms with Crippen LogP contribution < -0.4 is 0 Å². The lowest BCUT2D eigenvalue weighted by Gasteiger charge is -2.22. The Balaban J connectivity index is 2.62. The third kappa shape index (κ3) is 2.32. The van der Waals surface area contributed by atoms with E-state index >= 15 is 0 Å². The average molecular weight is 199 g/mol. The summed E-state index contributed by atoms with van der Waals surface area (Å²) in [6, 6.07) is 0. The average Bonchev–Trinajstić information content (AvgIpc) is 2.03. The lowest BCUT2D eigenvalue weighted by Crippen LogP contribution is -2.31. The number of hydrogen-bond acceptors (Lipinski definition) is 2. The minimum atomic E-state index is -3.65. The fourth-order valence-electron chi connectivity index (χ4n) is 0.928. The smallest absolute Gasteiger partial charge is 0.354 e. The van der Waals surface area contributed by atoms with Crippen LogP contribution in [0.3, 0.4) is 0 Å². The Bertz CT molecular complexity index is 188. The van der Waals surface area contributed by atoms with E-state index in [2.05, 4.69) is 11.6 Å². The summed E-state index contributed by atoms with van der Waals surface area (Å²) in [5.41, 5.74) is 0. The Morgan fingerprint density at radius 2 is 2.33 bits per heavy atom. The maximum atomic E-state index is 12.3. The van der Waals surface area contributed by atoms with Crippen LogP contribution in [0.4, 0.5) is 8.78 Å². The van der Waals surface area contributed by atoms with E-state index in [0.29, 0.717) is 13.0 Å². The van der Waals surface area contributed by atoms with Gasteiger partial charge in [-0.2, -0.15) is 8.78 Å². The van der Waals surface area contributed by atoms with Crippen molar-refractivity contribution in [3.63, 3.8) is 0 Å². The van der Waals surface area contributed by atoms with Gasteiger partial charge in [-0.1, -0.05) is 0 Å². The minimum absolute atomic E-state index is 0.124. The number of allylic oxidation sites excluding steroid dienone is 1. The van der Waals surface area contributed by atoms with Gasteiger partial charge in [-0.3, -0.25) is 0 Å². The van der Waals surface area contributed by atoms with Crippen molar-refractivity contribution in [3.05, 3.63) is 11.8 Å². The molecule has 2 nitrogen and oxygen atoms in total. The molecule has 12 heavy (non-hydrogen) atoms. The van der Waals surface area contributed by atoms with Crippen molar-refractivity contribution >= 4 is 11.6 Å². The van der Waals surface area contributed by atoms with Crippen molar-refractivity contribution in [1.29, 1.82) is 0 Å². The van der Waals surface area contributed by atoms with Gasteiger partial charge in [-0.25, -0.2) is 0 Å². The lowest BCUT2D eigenvalue weighted by molar-refractivity contribution is -0.0508. The van der Waals surface area contributed by atoms with Crippen LogP contribution in [-0.4, -0.2) is 23.2 Å². The summed E-state index contributed by atoms with van der Waals surface area (Å²) in [5.74, 6) is -0.124. The summed E-state index contributed by atoms with van der Waals surface area (Å²) >= 11 is 4.61. The van der Waals surface area contributed by atoms with E-state index in [1.54, 1.807) is 0 Å². The zero-order chi connectivity index (χ0) is 9.19. The number of hydrogen-bond donors (Lipinski definition) is 1. The van der Waals surface area contributed by atoms with Gasteiger partial charge >= 0.3 is 5.38 Å². The lowest BCUT2D eigenvalue weighted by atomic mass is 10.2. The van der Waals surface area contributed by atoms with Crippen molar-refractivity contribution in [2.45, 2.75) is 24.3 Å². The molecule has 0 aromatic heterocycles. The molecule has 1 rings (SSSR count). The predicted octanol–water partition coefficient (Wildman–Crippen LogP) is 1.87. The van der Waals surface area contributed by atoms with E-state index < -0.39 is 11.5 Å². The van der Waals surface area contributed by atoms with Gasteiger partial charge in [0.1, 0.15) is 5.76 Å². The Labute approximate surface area is 73.8 Å². The molecule has 0 aliphatic carbocycles. The van der Waals surface area contributed by atoms with Gasteiger partial charge < -0.3 is 9.84 Å². The first-order valence-electron chi connectivity index (χ1n) is 3.59. The molecule has 0 fully saturated rings. The fourth-order valence-corrected chi connectivity index (χ4v) is 1.04. The fraction of sp³-hybridized carbons (Fsp3) is 0.714. The molecule has 70 valence electrons. The Morgan fingerprint density at radius 1 is 1.67 bits per heavy atom. The molecule has 1 aliphatic rings. The van der Waals surface area contributed by atoms with E-state index in [1.165, 1.54) is 6.08 Å². The summed E-state index contributed by atoms with van der Waals surface area (Å²) in [6.07, 6.45) is 0.827. The zero-order valence-electron chi connectivity index (χ0n) is 6.27. The van der Waals surface area contributed by atoms with Gasteiger partial charge in [-0.15, -0.1) is 0 Å². The Morgan fingerprint density at radius 3 is 2.75 bits per heavy atom. The van der Waals surface area contributed by atoms with Crippen LogP contribution in [0, 0.1) is 0 Å². The highest BCUT2D eigenvalue weighted by Crippen LogP contribution is 2.30. The molecule has 0 amide bonds. The second kappa shape index (κ2) is 3.58. The van der Waals surface area contributed by atoms with Crippen LogP contribution in [-0.2, 0) is 4.74 Å². The summed E-state index contributed by atoms with van der Waals surface area (Å²) < 4.78 is 29.4.